The van der Waals surface area contributed by atoms with Gasteiger partial charge in [-0.25, -0.2) is 4.39 Å². The summed E-state index contributed by atoms with van der Waals surface area (Å²) in [6.45, 7) is 7.30. The molecule has 1 aliphatic heterocycles. The summed E-state index contributed by atoms with van der Waals surface area (Å²) in [7, 11) is 4.06. The lowest BCUT2D eigenvalue weighted by Crippen LogP contribution is -2.58. The van der Waals surface area contributed by atoms with Crippen molar-refractivity contribution in [2.24, 2.45) is 0 Å². The quantitative estimate of drug-likeness (QED) is 0.697. The zero-order valence-corrected chi connectivity index (χ0v) is 18.3. The number of hydrogen-bond acceptors (Lipinski definition) is 4. The molecule has 5 nitrogen and oxygen atoms in total. The zero-order valence-electron chi connectivity index (χ0n) is 18.3. The molecule has 2 aromatic carbocycles. The number of benzene rings is 2. The van der Waals surface area contributed by atoms with Gasteiger partial charge >= 0.3 is 0 Å². The van der Waals surface area contributed by atoms with Crippen molar-refractivity contribution in [3.8, 4) is 5.75 Å². The summed E-state index contributed by atoms with van der Waals surface area (Å²) in [5.74, 6) is 0.498. The first-order valence-corrected chi connectivity index (χ1v) is 10.5. The van der Waals surface area contributed by atoms with E-state index in [0.717, 1.165) is 25.2 Å². The molecule has 0 saturated carbocycles. The highest BCUT2D eigenvalue weighted by Crippen LogP contribution is 2.19. The smallest absolute Gasteiger partial charge is 0.260 e. The molecule has 0 aromatic heterocycles. The number of amides is 1. The van der Waals surface area contributed by atoms with Crippen molar-refractivity contribution in [2.75, 3.05) is 33.8 Å². The third-order valence-corrected chi connectivity index (χ3v) is 5.52. The summed E-state index contributed by atoms with van der Waals surface area (Å²) < 4.78 is 18.9. The van der Waals surface area contributed by atoms with E-state index in [1.807, 2.05) is 55.4 Å². The summed E-state index contributed by atoms with van der Waals surface area (Å²) >= 11 is 0. The van der Waals surface area contributed by atoms with Gasteiger partial charge in [0, 0.05) is 38.3 Å². The monoisotopic (exact) mass is 413 g/mol. The van der Waals surface area contributed by atoms with Gasteiger partial charge in [-0.1, -0.05) is 24.3 Å². The molecule has 0 bridgehead atoms. The van der Waals surface area contributed by atoms with E-state index in [-0.39, 0.29) is 30.4 Å². The molecule has 1 saturated heterocycles. The molecule has 162 valence electrons. The molecule has 1 fully saturated rings. The van der Waals surface area contributed by atoms with Crippen LogP contribution in [0.25, 0.3) is 0 Å². The summed E-state index contributed by atoms with van der Waals surface area (Å²) in [5, 5.41) is 0. The molecule has 30 heavy (non-hydrogen) atoms. The fourth-order valence-electron chi connectivity index (χ4n) is 3.87. The van der Waals surface area contributed by atoms with Crippen LogP contribution in [-0.2, 0) is 17.9 Å². The first kappa shape index (κ1) is 22.2. The van der Waals surface area contributed by atoms with Gasteiger partial charge in [-0.3, -0.25) is 9.69 Å². The van der Waals surface area contributed by atoms with Crippen LogP contribution in [-0.4, -0.2) is 66.5 Å². The Morgan fingerprint density at radius 1 is 1.00 bits per heavy atom. The summed E-state index contributed by atoms with van der Waals surface area (Å²) in [4.78, 5) is 19.1. The van der Waals surface area contributed by atoms with Gasteiger partial charge in [-0.15, -0.1) is 0 Å². The van der Waals surface area contributed by atoms with Gasteiger partial charge in [0.25, 0.3) is 5.91 Å². The maximum atomic E-state index is 13.1. The van der Waals surface area contributed by atoms with E-state index in [1.54, 1.807) is 0 Å². The van der Waals surface area contributed by atoms with Gasteiger partial charge in [-0.2, -0.15) is 0 Å². The highest BCUT2D eigenvalue weighted by atomic mass is 19.1. The van der Waals surface area contributed by atoms with Crippen LogP contribution in [0.15, 0.2) is 48.5 Å². The van der Waals surface area contributed by atoms with E-state index < -0.39 is 0 Å². The normalized spacial score (nSPS) is 19.9. The molecule has 3 rings (SSSR count). The molecule has 1 aliphatic rings. The molecular formula is C24H32FN3O2. The SMILES string of the molecule is CC1CN(C(=O)COc2ccc(CN(C)C)cc2)C(C)CN1Cc1ccc(F)cc1. The van der Waals surface area contributed by atoms with Crippen molar-refractivity contribution < 1.29 is 13.9 Å². The largest absolute Gasteiger partial charge is 0.484 e. The molecule has 2 aromatic rings. The number of nitrogens with zero attached hydrogens (tertiary/aromatic N) is 3. The van der Waals surface area contributed by atoms with Crippen molar-refractivity contribution in [3.63, 3.8) is 0 Å². The number of rotatable bonds is 7. The Balaban J connectivity index is 1.51. The minimum absolute atomic E-state index is 0.00755. The standard InChI is InChI=1S/C24H32FN3O2/c1-18-14-28(19(2)13-27(18)16-21-5-9-22(25)10-6-21)24(29)17-30-23-11-7-20(8-12-23)15-26(3)4/h5-12,18-19H,13-17H2,1-4H3. The summed E-state index contributed by atoms with van der Waals surface area (Å²) in [6.07, 6.45) is 0. The van der Waals surface area contributed by atoms with E-state index in [4.69, 9.17) is 4.74 Å². The van der Waals surface area contributed by atoms with Gasteiger partial charge in [0.1, 0.15) is 11.6 Å². The second-order valence-corrected chi connectivity index (χ2v) is 8.47. The molecule has 0 radical (unpaired) electrons. The van der Waals surface area contributed by atoms with Gasteiger partial charge in [0.05, 0.1) is 0 Å². The third kappa shape index (κ3) is 6.03. The number of halogens is 1. The van der Waals surface area contributed by atoms with Gasteiger partial charge < -0.3 is 14.5 Å². The predicted octanol–water partition coefficient (Wildman–Crippen LogP) is 3.39. The second kappa shape index (κ2) is 10.0. The topological polar surface area (TPSA) is 36.0 Å². The van der Waals surface area contributed by atoms with Crippen LogP contribution in [0.4, 0.5) is 4.39 Å². The summed E-state index contributed by atoms with van der Waals surface area (Å²) in [5.41, 5.74) is 2.29. The van der Waals surface area contributed by atoms with Crippen LogP contribution in [0, 0.1) is 5.82 Å². The van der Waals surface area contributed by atoms with Crippen LogP contribution < -0.4 is 4.74 Å². The molecule has 2 atom stereocenters. The van der Waals surface area contributed by atoms with E-state index in [1.165, 1.54) is 17.7 Å². The van der Waals surface area contributed by atoms with Crippen molar-refractivity contribution in [1.29, 1.82) is 0 Å². The second-order valence-electron chi connectivity index (χ2n) is 8.47. The highest BCUT2D eigenvalue weighted by Gasteiger charge is 2.32. The Morgan fingerprint density at radius 2 is 1.63 bits per heavy atom. The molecule has 1 amide bonds. The first-order chi connectivity index (χ1) is 14.3. The average molecular weight is 414 g/mol. The highest BCUT2D eigenvalue weighted by molar-refractivity contribution is 5.78. The van der Waals surface area contributed by atoms with Gasteiger partial charge in [0.15, 0.2) is 6.61 Å². The molecule has 0 N–H and O–H groups in total. The Kier molecular flexibility index (Phi) is 7.45. The van der Waals surface area contributed by atoms with E-state index in [0.29, 0.717) is 12.3 Å². The van der Waals surface area contributed by atoms with E-state index in [9.17, 15) is 9.18 Å². The van der Waals surface area contributed by atoms with Crippen molar-refractivity contribution in [3.05, 3.63) is 65.5 Å². The van der Waals surface area contributed by atoms with Crippen LogP contribution in [0.2, 0.25) is 0 Å². The Morgan fingerprint density at radius 3 is 2.27 bits per heavy atom. The van der Waals surface area contributed by atoms with Gasteiger partial charge in [-0.05, 0) is 63.3 Å². The fourth-order valence-corrected chi connectivity index (χ4v) is 3.87. The molecule has 0 spiro atoms. The average Bonchev–Trinajstić information content (AvgIpc) is 2.71. The molecule has 2 unspecified atom stereocenters. The predicted molar refractivity (Wildman–Crippen MR) is 117 cm³/mol. The molecule has 6 heteroatoms. The molecular weight excluding hydrogens is 381 g/mol. The number of piperazine rings is 1. The lowest BCUT2D eigenvalue weighted by molar-refractivity contribution is -0.139. The number of ether oxygens (including phenoxy) is 1. The number of hydrogen-bond donors (Lipinski definition) is 0. The lowest BCUT2D eigenvalue weighted by Gasteiger charge is -2.44. The number of carbonyl (C=O) groups is 1. The van der Waals surface area contributed by atoms with Crippen molar-refractivity contribution in [1.82, 2.24) is 14.7 Å². The Bertz CT molecular complexity index is 823. The van der Waals surface area contributed by atoms with Crippen LogP contribution in [0.1, 0.15) is 25.0 Å². The zero-order chi connectivity index (χ0) is 21.7. The minimum atomic E-state index is -0.220. The maximum Gasteiger partial charge on any atom is 0.260 e. The van der Waals surface area contributed by atoms with Crippen LogP contribution in [0.5, 0.6) is 5.75 Å². The van der Waals surface area contributed by atoms with E-state index in [2.05, 4.69) is 23.6 Å². The molecule has 1 heterocycles. The lowest BCUT2D eigenvalue weighted by atomic mass is 10.1. The Labute approximate surface area is 179 Å². The van der Waals surface area contributed by atoms with Crippen molar-refractivity contribution in [2.45, 2.75) is 39.0 Å². The maximum absolute atomic E-state index is 13.1. The number of carbonyl (C=O) groups excluding carboxylic acids is 1. The first-order valence-electron chi connectivity index (χ1n) is 10.5. The van der Waals surface area contributed by atoms with Crippen LogP contribution >= 0.6 is 0 Å². The molecule has 0 aliphatic carbocycles. The van der Waals surface area contributed by atoms with Gasteiger partial charge in [0.2, 0.25) is 0 Å². The Hall–Kier alpha value is -2.44. The third-order valence-electron chi connectivity index (χ3n) is 5.52. The van der Waals surface area contributed by atoms with Crippen LogP contribution in [0.3, 0.4) is 0 Å². The minimum Gasteiger partial charge on any atom is -0.484 e. The fraction of sp³-hybridized carbons (Fsp3) is 0.458. The van der Waals surface area contributed by atoms with Crippen molar-refractivity contribution >= 4 is 5.91 Å². The summed E-state index contributed by atoms with van der Waals surface area (Å²) in [6, 6.07) is 14.8. The van der Waals surface area contributed by atoms with E-state index >= 15 is 0 Å².